The number of rotatable bonds is 6. The molecule has 0 saturated heterocycles. The van der Waals surface area contributed by atoms with Crippen LogP contribution in [0.5, 0.6) is 0 Å². The van der Waals surface area contributed by atoms with Crippen LogP contribution in [0.2, 0.25) is 0 Å². The van der Waals surface area contributed by atoms with Gasteiger partial charge in [-0.3, -0.25) is 9.48 Å². The minimum atomic E-state index is -0.0860. The van der Waals surface area contributed by atoms with Crippen LogP contribution in [0, 0.1) is 13.8 Å². The van der Waals surface area contributed by atoms with Crippen LogP contribution >= 0.6 is 11.6 Å². The van der Waals surface area contributed by atoms with Crippen LogP contribution in [-0.4, -0.2) is 33.0 Å². The molecule has 0 aromatic carbocycles. The molecule has 5 nitrogen and oxygen atoms in total. The highest BCUT2D eigenvalue weighted by Gasteiger charge is 2.16. The van der Waals surface area contributed by atoms with E-state index in [2.05, 4.69) is 5.10 Å². The Morgan fingerprint density at radius 2 is 2.30 bits per heavy atom. The highest BCUT2D eigenvalue weighted by molar-refractivity contribution is 6.27. The molecule has 0 aliphatic heterocycles. The van der Waals surface area contributed by atoms with Gasteiger partial charge in [0, 0.05) is 31.0 Å². The number of alkyl halides is 1. The van der Waals surface area contributed by atoms with Gasteiger partial charge in [0.2, 0.25) is 5.91 Å². The topological polar surface area (TPSA) is 51.3 Å². The largest absolute Gasteiger partial charge is 0.466 e. The Kier molecular flexibility index (Phi) is 4.84. The van der Waals surface area contributed by atoms with E-state index in [9.17, 15) is 4.79 Å². The number of aryl methyl sites for hydroxylation is 2. The van der Waals surface area contributed by atoms with E-state index in [-0.39, 0.29) is 11.8 Å². The summed E-state index contributed by atoms with van der Waals surface area (Å²) in [7, 11) is 0. The van der Waals surface area contributed by atoms with Gasteiger partial charge >= 0.3 is 0 Å². The first-order valence-electron chi connectivity index (χ1n) is 6.47. The lowest BCUT2D eigenvalue weighted by atomic mass is 10.2. The highest BCUT2D eigenvalue weighted by Crippen LogP contribution is 2.16. The molecule has 0 N–H and O–H groups in total. The van der Waals surface area contributed by atoms with Gasteiger partial charge in [0.1, 0.15) is 17.4 Å². The molecule has 0 atom stereocenters. The number of carbonyl (C=O) groups excluding carboxylic acids is 1. The zero-order chi connectivity index (χ0) is 14.5. The van der Waals surface area contributed by atoms with Gasteiger partial charge in [-0.2, -0.15) is 5.10 Å². The van der Waals surface area contributed by atoms with Crippen LogP contribution in [-0.2, 0) is 17.9 Å². The lowest BCUT2D eigenvalue weighted by molar-refractivity contribution is -0.129. The molecule has 0 bridgehead atoms. The van der Waals surface area contributed by atoms with Crippen LogP contribution in [0.1, 0.15) is 17.1 Å². The molecule has 2 aromatic rings. The van der Waals surface area contributed by atoms with Crippen LogP contribution in [0.25, 0.3) is 0 Å². The highest BCUT2D eigenvalue weighted by atomic mass is 35.5. The molecule has 20 heavy (non-hydrogen) atoms. The van der Waals surface area contributed by atoms with Crippen molar-refractivity contribution in [2.24, 2.45) is 0 Å². The number of carbonyl (C=O) groups is 1. The van der Waals surface area contributed by atoms with E-state index in [0.29, 0.717) is 19.6 Å². The SMILES string of the molecule is Cc1cc(CN(CCn2cccn2)C(=O)CCl)c(C)o1. The smallest absolute Gasteiger partial charge is 0.237 e. The first-order valence-corrected chi connectivity index (χ1v) is 7.00. The van der Waals surface area contributed by atoms with E-state index in [4.69, 9.17) is 16.0 Å². The summed E-state index contributed by atoms with van der Waals surface area (Å²) in [5, 5.41) is 4.13. The van der Waals surface area contributed by atoms with E-state index in [1.165, 1.54) is 0 Å². The molecular weight excluding hydrogens is 278 g/mol. The fourth-order valence-electron chi connectivity index (χ4n) is 2.08. The summed E-state index contributed by atoms with van der Waals surface area (Å²) in [6, 6.07) is 3.81. The molecule has 6 heteroatoms. The maximum atomic E-state index is 11.9. The third-order valence-electron chi connectivity index (χ3n) is 3.13. The Morgan fingerprint density at radius 1 is 1.50 bits per heavy atom. The Hall–Kier alpha value is -1.75. The van der Waals surface area contributed by atoms with E-state index in [1.54, 1.807) is 15.8 Å². The predicted molar refractivity (Wildman–Crippen MR) is 76.5 cm³/mol. The van der Waals surface area contributed by atoms with Crippen molar-refractivity contribution < 1.29 is 9.21 Å². The summed E-state index contributed by atoms with van der Waals surface area (Å²) in [6.45, 7) is 5.52. The standard InChI is InChI=1S/C14H18ClN3O2/c1-11-8-13(12(2)20-11)10-17(14(19)9-15)6-7-18-5-3-4-16-18/h3-5,8H,6-7,9-10H2,1-2H3. The summed E-state index contributed by atoms with van der Waals surface area (Å²) in [5.41, 5.74) is 1.02. The molecule has 0 spiro atoms. The molecule has 0 aliphatic carbocycles. The fourth-order valence-corrected chi connectivity index (χ4v) is 2.25. The molecular formula is C14H18ClN3O2. The first-order chi connectivity index (χ1) is 9.60. The number of aromatic nitrogens is 2. The van der Waals surface area contributed by atoms with Crippen molar-refractivity contribution >= 4 is 17.5 Å². The van der Waals surface area contributed by atoms with E-state index < -0.39 is 0 Å². The van der Waals surface area contributed by atoms with Gasteiger partial charge in [-0.1, -0.05) is 0 Å². The average molecular weight is 296 g/mol. The van der Waals surface area contributed by atoms with Crippen molar-refractivity contribution in [2.45, 2.75) is 26.9 Å². The van der Waals surface area contributed by atoms with Crippen molar-refractivity contribution in [3.63, 3.8) is 0 Å². The van der Waals surface area contributed by atoms with E-state index >= 15 is 0 Å². The molecule has 1 amide bonds. The maximum Gasteiger partial charge on any atom is 0.237 e. The summed E-state index contributed by atoms with van der Waals surface area (Å²) in [6.07, 6.45) is 3.59. The molecule has 108 valence electrons. The minimum Gasteiger partial charge on any atom is -0.466 e. The zero-order valence-corrected chi connectivity index (χ0v) is 12.4. The molecule has 2 rings (SSSR count). The van der Waals surface area contributed by atoms with Gasteiger partial charge in [0.15, 0.2) is 0 Å². The number of furan rings is 1. The van der Waals surface area contributed by atoms with Crippen LogP contribution in [0.15, 0.2) is 28.9 Å². The molecule has 0 aliphatic rings. The number of halogens is 1. The van der Waals surface area contributed by atoms with Gasteiger partial charge in [-0.15, -0.1) is 11.6 Å². The van der Waals surface area contributed by atoms with Crippen LogP contribution < -0.4 is 0 Å². The van der Waals surface area contributed by atoms with Crippen molar-refractivity contribution in [3.8, 4) is 0 Å². The van der Waals surface area contributed by atoms with Gasteiger partial charge in [0.25, 0.3) is 0 Å². The van der Waals surface area contributed by atoms with Crippen molar-refractivity contribution in [3.05, 3.63) is 41.6 Å². The van der Waals surface area contributed by atoms with Gasteiger partial charge in [0.05, 0.1) is 6.54 Å². The lowest BCUT2D eigenvalue weighted by Gasteiger charge is -2.21. The zero-order valence-electron chi connectivity index (χ0n) is 11.7. The summed E-state index contributed by atoms with van der Waals surface area (Å²) in [4.78, 5) is 13.7. The molecule has 2 heterocycles. The van der Waals surface area contributed by atoms with E-state index in [0.717, 1.165) is 17.1 Å². The number of hydrogen-bond donors (Lipinski definition) is 0. The third-order valence-corrected chi connectivity index (χ3v) is 3.36. The normalized spacial score (nSPS) is 10.8. The second kappa shape index (κ2) is 6.61. The van der Waals surface area contributed by atoms with Crippen molar-refractivity contribution in [1.29, 1.82) is 0 Å². The Labute approximate surface area is 123 Å². The van der Waals surface area contributed by atoms with E-state index in [1.807, 2.05) is 32.2 Å². The van der Waals surface area contributed by atoms with Crippen LogP contribution in [0.4, 0.5) is 0 Å². The Morgan fingerprint density at radius 3 is 2.85 bits per heavy atom. The Bertz CT molecular complexity index is 563. The van der Waals surface area contributed by atoms with Gasteiger partial charge in [-0.05, 0) is 26.0 Å². The summed E-state index contributed by atoms with van der Waals surface area (Å²) >= 11 is 5.68. The molecule has 0 fully saturated rings. The molecule has 0 unspecified atom stereocenters. The summed E-state index contributed by atoms with van der Waals surface area (Å²) < 4.78 is 7.28. The van der Waals surface area contributed by atoms with Crippen molar-refractivity contribution in [2.75, 3.05) is 12.4 Å². The maximum absolute atomic E-state index is 11.9. The average Bonchev–Trinajstić information content (AvgIpc) is 3.03. The van der Waals surface area contributed by atoms with Crippen molar-refractivity contribution in [1.82, 2.24) is 14.7 Å². The van der Waals surface area contributed by atoms with Crippen LogP contribution in [0.3, 0.4) is 0 Å². The van der Waals surface area contributed by atoms with Gasteiger partial charge in [-0.25, -0.2) is 0 Å². The number of hydrogen-bond acceptors (Lipinski definition) is 3. The number of amides is 1. The predicted octanol–water partition coefficient (Wildman–Crippen LogP) is 2.36. The second-order valence-electron chi connectivity index (χ2n) is 4.66. The quantitative estimate of drug-likeness (QED) is 0.769. The monoisotopic (exact) mass is 295 g/mol. The summed E-state index contributed by atoms with van der Waals surface area (Å²) in [5.74, 6) is 1.59. The fraction of sp³-hybridized carbons (Fsp3) is 0.429. The minimum absolute atomic E-state index is 0.0189. The first kappa shape index (κ1) is 14.7. The molecule has 0 saturated carbocycles. The van der Waals surface area contributed by atoms with Gasteiger partial charge < -0.3 is 9.32 Å². The lowest BCUT2D eigenvalue weighted by Crippen LogP contribution is -2.34. The Balaban J connectivity index is 2.03. The molecule has 0 radical (unpaired) electrons. The number of nitrogens with zero attached hydrogens (tertiary/aromatic N) is 3. The molecule has 2 aromatic heterocycles. The second-order valence-corrected chi connectivity index (χ2v) is 4.92. The third kappa shape index (κ3) is 3.63.